The average Bonchev–Trinajstić information content (AvgIpc) is 2.48. The number of aliphatic hydroxyl groups is 1. The Morgan fingerprint density at radius 1 is 1.35 bits per heavy atom. The van der Waals surface area contributed by atoms with Gasteiger partial charge >= 0.3 is 0 Å². The third-order valence-electron chi connectivity index (χ3n) is 3.84. The quantitative estimate of drug-likeness (QED) is 0.888. The zero-order valence-electron chi connectivity index (χ0n) is 12.0. The first-order chi connectivity index (χ1) is 9.70. The molecule has 1 aliphatic rings. The van der Waals surface area contributed by atoms with E-state index in [9.17, 15) is 4.79 Å². The van der Waals surface area contributed by atoms with E-state index in [2.05, 4.69) is 0 Å². The summed E-state index contributed by atoms with van der Waals surface area (Å²) < 4.78 is 5.51. The van der Waals surface area contributed by atoms with Crippen LogP contribution in [0.2, 0.25) is 0 Å². The van der Waals surface area contributed by atoms with Crippen LogP contribution in [0.4, 0.5) is 0 Å². The van der Waals surface area contributed by atoms with Gasteiger partial charge < -0.3 is 14.7 Å². The van der Waals surface area contributed by atoms with Gasteiger partial charge in [-0.05, 0) is 30.9 Å². The average molecular weight is 277 g/mol. The largest absolute Gasteiger partial charge is 0.394 e. The van der Waals surface area contributed by atoms with Gasteiger partial charge in [0.15, 0.2) is 0 Å². The number of aliphatic hydroxyl groups excluding tert-OH is 1. The Morgan fingerprint density at radius 2 is 2.05 bits per heavy atom. The molecule has 2 rings (SSSR count). The Hall–Kier alpha value is -1.39. The van der Waals surface area contributed by atoms with Crippen molar-refractivity contribution in [3.05, 3.63) is 35.4 Å². The molecule has 0 atom stereocenters. The third-order valence-corrected chi connectivity index (χ3v) is 3.84. The van der Waals surface area contributed by atoms with Crippen LogP contribution in [0.5, 0.6) is 0 Å². The van der Waals surface area contributed by atoms with Gasteiger partial charge in [0, 0.05) is 13.1 Å². The second-order valence-electron chi connectivity index (χ2n) is 5.28. The summed E-state index contributed by atoms with van der Waals surface area (Å²) in [6, 6.07) is 8.03. The molecule has 4 heteroatoms. The Morgan fingerprint density at radius 3 is 2.70 bits per heavy atom. The van der Waals surface area contributed by atoms with Crippen LogP contribution in [-0.4, -0.2) is 48.3 Å². The molecule has 0 spiro atoms. The summed E-state index contributed by atoms with van der Waals surface area (Å²) in [6.07, 6.45) is 2.39. The molecule has 1 saturated heterocycles. The predicted molar refractivity (Wildman–Crippen MR) is 77.5 cm³/mol. The molecule has 0 aromatic heterocycles. The maximum atomic E-state index is 12.3. The van der Waals surface area contributed by atoms with Crippen LogP contribution in [0.1, 0.15) is 24.0 Å². The highest BCUT2D eigenvalue weighted by Crippen LogP contribution is 2.16. The van der Waals surface area contributed by atoms with Crippen molar-refractivity contribution in [2.75, 3.05) is 26.3 Å². The minimum absolute atomic E-state index is 0.0619. The van der Waals surface area contributed by atoms with Gasteiger partial charge in [0.2, 0.25) is 5.91 Å². The molecule has 1 fully saturated rings. The first kappa shape index (κ1) is 15.0. The van der Waals surface area contributed by atoms with E-state index >= 15 is 0 Å². The number of ether oxygens (including phenoxy) is 1. The minimum atomic E-state index is 0.0619. The maximum Gasteiger partial charge on any atom is 0.227 e. The van der Waals surface area contributed by atoms with Gasteiger partial charge in [0.1, 0.15) is 0 Å². The number of nitrogens with zero attached hydrogens (tertiary/aromatic N) is 1. The van der Waals surface area contributed by atoms with Crippen LogP contribution in [0, 0.1) is 6.92 Å². The molecular formula is C16H23NO3. The highest BCUT2D eigenvalue weighted by Gasteiger charge is 2.23. The number of likely N-dealkylation sites (tertiary alicyclic amines) is 1. The molecular weight excluding hydrogens is 254 g/mol. The van der Waals surface area contributed by atoms with Crippen LogP contribution in [-0.2, 0) is 16.0 Å². The number of carbonyl (C=O) groups excluding carboxylic acids is 1. The van der Waals surface area contributed by atoms with Crippen molar-refractivity contribution >= 4 is 5.91 Å². The fourth-order valence-electron chi connectivity index (χ4n) is 2.57. The topological polar surface area (TPSA) is 49.8 Å². The molecule has 1 aromatic carbocycles. The van der Waals surface area contributed by atoms with Gasteiger partial charge in [-0.2, -0.15) is 0 Å². The molecule has 20 heavy (non-hydrogen) atoms. The third kappa shape index (κ3) is 4.05. The Bertz CT molecular complexity index is 439. The summed E-state index contributed by atoms with van der Waals surface area (Å²) >= 11 is 0. The smallest absolute Gasteiger partial charge is 0.227 e. The number of hydrogen-bond donors (Lipinski definition) is 1. The van der Waals surface area contributed by atoms with E-state index < -0.39 is 0 Å². The molecule has 0 aliphatic carbocycles. The van der Waals surface area contributed by atoms with Crippen LogP contribution in [0.25, 0.3) is 0 Å². The SMILES string of the molecule is Cc1ccccc1CC(=O)N1CCC(OCCO)CC1. The van der Waals surface area contributed by atoms with E-state index in [0.717, 1.165) is 31.5 Å². The number of piperidine rings is 1. The zero-order valence-corrected chi connectivity index (χ0v) is 12.0. The van der Waals surface area contributed by atoms with Gasteiger partial charge in [-0.25, -0.2) is 0 Å². The number of benzene rings is 1. The molecule has 1 heterocycles. The van der Waals surface area contributed by atoms with Crippen LogP contribution in [0.3, 0.4) is 0 Å². The molecule has 1 N–H and O–H groups in total. The second-order valence-corrected chi connectivity index (χ2v) is 5.28. The molecule has 110 valence electrons. The molecule has 1 aromatic rings. The summed E-state index contributed by atoms with van der Waals surface area (Å²) in [5.74, 6) is 0.194. The Balaban J connectivity index is 1.82. The number of amides is 1. The normalized spacial score (nSPS) is 16.4. The molecule has 1 amide bonds. The van der Waals surface area contributed by atoms with Gasteiger partial charge in [-0.15, -0.1) is 0 Å². The van der Waals surface area contributed by atoms with E-state index in [4.69, 9.17) is 9.84 Å². The standard InChI is InChI=1S/C16H23NO3/c1-13-4-2-3-5-14(13)12-16(19)17-8-6-15(7-9-17)20-11-10-18/h2-5,15,18H,6-12H2,1H3. The van der Waals surface area contributed by atoms with Gasteiger partial charge in [0.05, 0.1) is 25.7 Å². The number of rotatable bonds is 5. The van der Waals surface area contributed by atoms with E-state index in [1.807, 2.05) is 36.1 Å². The fraction of sp³-hybridized carbons (Fsp3) is 0.562. The van der Waals surface area contributed by atoms with Crippen molar-refractivity contribution in [1.29, 1.82) is 0 Å². The van der Waals surface area contributed by atoms with Crippen LogP contribution in [0.15, 0.2) is 24.3 Å². The lowest BCUT2D eigenvalue weighted by Gasteiger charge is -2.32. The van der Waals surface area contributed by atoms with Crippen LogP contribution < -0.4 is 0 Å². The van der Waals surface area contributed by atoms with Crippen molar-refractivity contribution < 1.29 is 14.6 Å². The number of carbonyl (C=O) groups is 1. The van der Waals surface area contributed by atoms with Crippen LogP contribution >= 0.6 is 0 Å². The lowest BCUT2D eigenvalue weighted by molar-refractivity contribution is -0.133. The number of hydrogen-bond acceptors (Lipinski definition) is 3. The summed E-state index contributed by atoms with van der Waals surface area (Å²) in [5, 5.41) is 8.74. The van der Waals surface area contributed by atoms with Crippen molar-refractivity contribution in [3.63, 3.8) is 0 Å². The first-order valence-electron chi connectivity index (χ1n) is 7.25. The molecule has 4 nitrogen and oxygen atoms in total. The van der Waals surface area contributed by atoms with E-state index in [0.29, 0.717) is 13.0 Å². The van der Waals surface area contributed by atoms with Gasteiger partial charge in [-0.3, -0.25) is 4.79 Å². The highest BCUT2D eigenvalue weighted by molar-refractivity contribution is 5.79. The van der Waals surface area contributed by atoms with Crippen molar-refractivity contribution in [2.45, 2.75) is 32.3 Å². The van der Waals surface area contributed by atoms with Crippen molar-refractivity contribution in [1.82, 2.24) is 4.90 Å². The minimum Gasteiger partial charge on any atom is -0.394 e. The molecule has 0 unspecified atom stereocenters. The zero-order chi connectivity index (χ0) is 14.4. The van der Waals surface area contributed by atoms with E-state index in [1.165, 1.54) is 5.56 Å². The van der Waals surface area contributed by atoms with Crippen molar-refractivity contribution in [2.24, 2.45) is 0 Å². The number of aryl methyl sites for hydroxylation is 1. The summed E-state index contributed by atoms with van der Waals surface area (Å²) in [5.41, 5.74) is 2.28. The summed E-state index contributed by atoms with van der Waals surface area (Å²) in [7, 11) is 0. The predicted octanol–water partition coefficient (Wildman–Crippen LogP) is 1.54. The molecule has 0 bridgehead atoms. The van der Waals surface area contributed by atoms with E-state index in [1.54, 1.807) is 0 Å². The fourth-order valence-corrected chi connectivity index (χ4v) is 2.57. The Kier molecular flexibility index (Phi) is 5.56. The van der Waals surface area contributed by atoms with Crippen molar-refractivity contribution in [3.8, 4) is 0 Å². The lowest BCUT2D eigenvalue weighted by Crippen LogP contribution is -2.41. The Labute approximate surface area is 120 Å². The summed E-state index contributed by atoms with van der Waals surface area (Å²) in [4.78, 5) is 14.2. The molecule has 0 radical (unpaired) electrons. The lowest BCUT2D eigenvalue weighted by atomic mass is 10.0. The van der Waals surface area contributed by atoms with E-state index in [-0.39, 0.29) is 18.6 Å². The maximum absolute atomic E-state index is 12.3. The van der Waals surface area contributed by atoms with Gasteiger partial charge in [0.25, 0.3) is 0 Å². The summed E-state index contributed by atoms with van der Waals surface area (Å²) in [6.45, 7) is 3.99. The highest BCUT2D eigenvalue weighted by atomic mass is 16.5. The monoisotopic (exact) mass is 277 g/mol. The second kappa shape index (κ2) is 7.41. The van der Waals surface area contributed by atoms with Gasteiger partial charge in [-0.1, -0.05) is 24.3 Å². The first-order valence-corrected chi connectivity index (χ1v) is 7.25. The molecule has 1 aliphatic heterocycles. The molecule has 0 saturated carbocycles.